The number of hydrogen-bond donors (Lipinski definition) is 1. The van der Waals surface area contributed by atoms with Crippen molar-refractivity contribution in [3.8, 4) is 0 Å². The Bertz CT molecular complexity index is 583. The Labute approximate surface area is 181 Å². The van der Waals surface area contributed by atoms with Gasteiger partial charge in [0.1, 0.15) is 0 Å². The lowest BCUT2D eigenvalue weighted by Crippen LogP contribution is -2.51. The van der Waals surface area contributed by atoms with E-state index in [9.17, 15) is 14.4 Å². The lowest BCUT2D eigenvalue weighted by Gasteiger charge is -2.38. The van der Waals surface area contributed by atoms with Gasteiger partial charge in [0.25, 0.3) is 0 Å². The van der Waals surface area contributed by atoms with Gasteiger partial charge in [-0.2, -0.15) is 0 Å². The van der Waals surface area contributed by atoms with Crippen LogP contribution in [0.25, 0.3) is 0 Å². The molecule has 7 heteroatoms. The first-order chi connectivity index (χ1) is 14.6. The predicted octanol–water partition coefficient (Wildman–Crippen LogP) is 2.85. The highest BCUT2D eigenvalue weighted by Gasteiger charge is 2.35. The number of unbranched alkanes of at least 4 members (excludes halogenated alkanes) is 3. The number of carbonyl (C=O) groups is 3. The van der Waals surface area contributed by atoms with Gasteiger partial charge in [0.15, 0.2) is 0 Å². The van der Waals surface area contributed by atoms with Crippen LogP contribution in [0.2, 0.25) is 0 Å². The SMILES string of the molecule is CCCCCCNC(=O)C1CCCN(C(=O)C2CCN(C(=O)N3CCCC3)CC2)C1. The minimum absolute atomic E-state index is 0.0107. The molecule has 1 atom stereocenters. The molecule has 3 heterocycles. The molecule has 3 rings (SSSR count). The van der Waals surface area contributed by atoms with Crippen LogP contribution in [0.15, 0.2) is 0 Å². The van der Waals surface area contributed by atoms with Crippen molar-refractivity contribution in [1.29, 1.82) is 0 Å². The fourth-order valence-corrected chi connectivity index (χ4v) is 4.98. The van der Waals surface area contributed by atoms with E-state index in [0.717, 1.165) is 77.5 Å². The predicted molar refractivity (Wildman–Crippen MR) is 117 cm³/mol. The van der Waals surface area contributed by atoms with Crippen molar-refractivity contribution in [3.63, 3.8) is 0 Å². The van der Waals surface area contributed by atoms with E-state index in [-0.39, 0.29) is 29.7 Å². The number of amides is 4. The van der Waals surface area contributed by atoms with E-state index in [0.29, 0.717) is 19.6 Å². The minimum atomic E-state index is -0.0780. The van der Waals surface area contributed by atoms with Crippen LogP contribution in [-0.4, -0.2) is 78.4 Å². The van der Waals surface area contributed by atoms with E-state index in [1.54, 1.807) is 0 Å². The van der Waals surface area contributed by atoms with Crippen molar-refractivity contribution >= 4 is 17.8 Å². The Kier molecular flexibility index (Phi) is 8.82. The van der Waals surface area contributed by atoms with Crippen molar-refractivity contribution in [1.82, 2.24) is 20.0 Å². The van der Waals surface area contributed by atoms with Gasteiger partial charge in [-0.25, -0.2) is 4.79 Å². The number of urea groups is 1. The molecular weight excluding hydrogens is 380 g/mol. The molecule has 0 saturated carbocycles. The van der Waals surface area contributed by atoms with Gasteiger partial charge in [0, 0.05) is 51.7 Å². The van der Waals surface area contributed by atoms with Crippen molar-refractivity contribution in [2.75, 3.05) is 45.8 Å². The van der Waals surface area contributed by atoms with E-state index in [1.807, 2.05) is 14.7 Å². The first-order valence-electron chi connectivity index (χ1n) is 12.2. The first kappa shape index (κ1) is 22.9. The molecule has 7 nitrogen and oxygen atoms in total. The summed E-state index contributed by atoms with van der Waals surface area (Å²) in [5.41, 5.74) is 0. The van der Waals surface area contributed by atoms with Gasteiger partial charge >= 0.3 is 6.03 Å². The Balaban J connectivity index is 1.40. The molecule has 3 saturated heterocycles. The second-order valence-electron chi connectivity index (χ2n) is 9.21. The summed E-state index contributed by atoms with van der Waals surface area (Å²) >= 11 is 0. The fraction of sp³-hybridized carbons (Fsp3) is 0.870. The van der Waals surface area contributed by atoms with E-state index in [4.69, 9.17) is 0 Å². The second kappa shape index (κ2) is 11.6. The van der Waals surface area contributed by atoms with Crippen molar-refractivity contribution in [3.05, 3.63) is 0 Å². The molecule has 0 spiro atoms. The highest BCUT2D eigenvalue weighted by atomic mass is 16.2. The van der Waals surface area contributed by atoms with Crippen molar-refractivity contribution < 1.29 is 14.4 Å². The monoisotopic (exact) mass is 420 g/mol. The second-order valence-corrected chi connectivity index (χ2v) is 9.21. The van der Waals surface area contributed by atoms with Gasteiger partial charge in [-0.1, -0.05) is 26.2 Å². The number of piperidine rings is 2. The van der Waals surface area contributed by atoms with E-state index >= 15 is 0 Å². The summed E-state index contributed by atoms with van der Waals surface area (Å²) in [7, 11) is 0. The molecule has 170 valence electrons. The zero-order valence-corrected chi connectivity index (χ0v) is 18.7. The number of hydrogen-bond acceptors (Lipinski definition) is 3. The largest absolute Gasteiger partial charge is 0.356 e. The molecule has 1 unspecified atom stereocenters. The summed E-state index contributed by atoms with van der Waals surface area (Å²) in [6, 6.07) is 0.145. The van der Waals surface area contributed by atoms with Crippen molar-refractivity contribution in [2.45, 2.75) is 71.1 Å². The van der Waals surface area contributed by atoms with Crippen LogP contribution in [0, 0.1) is 11.8 Å². The quantitative estimate of drug-likeness (QED) is 0.644. The molecular formula is C23H40N4O3. The Hall–Kier alpha value is -1.79. The first-order valence-corrected chi connectivity index (χ1v) is 12.2. The maximum atomic E-state index is 13.1. The van der Waals surface area contributed by atoms with E-state index in [1.165, 1.54) is 12.8 Å². The number of likely N-dealkylation sites (tertiary alicyclic amines) is 3. The molecule has 3 fully saturated rings. The number of carbonyl (C=O) groups excluding carboxylic acids is 3. The zero-order chi connectivity index (χ0) is 21.3. The van der Waals surface area contributed by atoms with Crippen LogP contribution in [0.3, 0.4) is 0 Å². The lowest BCUT2D eigenvalue weighted by atomic mass is 9.92. The Morgan fingerprint density at radius 1 is 0.767 bits per heavy atom. The topological polar surface area (TPSA) is 73.0 Å². The third kappa shape index (κ3) is 6.11. The summed E-state index contributed by atoms with van der Waals surface area (Å²) < 4.78 is 0. The molecule has 3 aliphatic rings. The molecule has 0 aromatic rings. The molecule has 0 aromatic heterocycles. The van der Waals surface area contributed by atoms with Gasteiger partial charge in [0.05, 0.1) is 5.92 Å². The molecule has 0 aliphatic carbocycles. The smallest absolute Gasteiger partial charge is 0.319 e. The molecule has 0 bridgehead atoms. The average Bonchev–Trinajstić information content (AvgIpc) is 3.33. The van der Waals surface area contributed by atoms with Gasteiger partial charge in [0.2, 0.25) is 11.8 Å². The van der Waals surface area contributed by atoms with Crippen LogP contribution in [-0.2, 0) is 9.59 Å². The zero-order valence-electron chi connectivity index (χ0n) is 18.7. The van der Waals surface area contributed by atoms with E-state index < -0.39 is 0 Å². The van der Waals surface area contributed by atoms with E-state index in [2.05, 4.69) is 12.2 Å². The van der Waals surface area contributed by atoms with Gasteiger partial charge < -0.3 is 20.0 Å². The highest BCUT2D eigenvalue weighted by molar-refractivity contribution is 5.82. The molecule has 1 N–H and O–H groups in total. The maximum absolute atomic E-state index is 13.1. The van der Waals surface area contributed by atoms with Crippen molar-refractivity contribution in [2.24, 2.45) is 11.8 Å². The molecule has 0 radical (unpaired) electrons. The van der Waals surface area contributed by atoms with Gasteiger partial charge in [-0.3, -0.25) is 9.59 Å². The third-order valence-corrected chi connectivity index (χ3v) is 6.92. The summed E-state index contributed by atoms with van der Waals surface area (Å²) in [4.78, 5) is 43.9. The van der Waals surface area contributed by atoms with Crippen LogP contribution in [0.1, 0.15) is 71.1 Å². The highest BCUT2D eigenvalue weighted by Crippen LogP contribution is 2.25. The van der Waals surface area contributed by atoms with Crippen LogP contribution in [0.5, 0.6) is 0 Å². The third-order valence-electron chi connectivity index (χ3n) is 6.92. The standard InChI is InChI=1S/C23H40N4O3/c1-2-3-4-5-12-24-21(28)20-9-8-15-27(18-20)22(29)19-10-16-26(17-11-19)23(30)25-13-6-7-14-25/h19-20H,2-18H2,1H3,(H,24,28). The Morgan fingerprint density at radius 3 is 2.13 bits per heavy atom. The summed E-state index contributed by atoms with van der Waals surface area (Å²) in [5.74, 6) is 0.202. The van der Waals surface area contributed by atoms with Crippen LogP contribution in [0.4, 0.5) is 4.79 Å². The number of rotatable bonds is 7. The molecule has 0 aromatic carbocycles. The molecule has 30 heavy (non-hydrogen) atoms. The maximum Gasteiger partial charge on any atom is 0.319 e. The normalized spacial score (nSPS) is 23.0. The minimum Gasteiger partial charge on any atom is -0.356 e. The summed E-state index contributed by atoms with van der Waals surface area (Å²) in [5, 5.41) is 3.07. The lowest BCUT2D eigenvalue weighted by molar-refractivity contribution is -0.140. The van der Waals surface area contributed by atoms with Crippen LogP contribution < -0.4 is 5.32 Å². The summed E-state index contributed by atoms with van der Waals surface area (Å²) in [6.07, 6.45) is 10.0. The Morgan fingerprint density at radius 2 is 1.43 bits per heavy atom. The molecule has 4 amide bonds. The van der Waals surface area contributed by atoms with Crippen LogP contribution >= 0.6 is 0 Å². The number of nitrogens with zero attached hydrogens (tertiary/aromatic N) is 3. The average molecular weight is 421 g/mol. The number of nitrogens with one attached hydrogen (secondary N) is 1. The molecule has 3 aliphatic heterocycles. The summed E-state index contributed by atoms with van der Waals surface area (Å²) in [6.45, 7) is 7.30. The van der Waals surface area contributed by atoms with Gasteiger partial charge in [-0.15, -0.1) is 0 Å². The fourth-order valence-electron chi connectivity index (χ4n) is 4.98. The van der Waals surface area contributed by atoms with Gasteiger partial charge in [-0.05, 0) is 44.9 Å².